The lowest BCUT2D eigenvalue weighted by molar-refractivity contribution is 0.0389. The summed E-state index contributed by atoms with van der Waals surface area (Å²) < 4.78 is 5.67. The number of aryl methyl sites for hydroxylation is 1. The van der Waals surface area contributed by atoms with Gasteiger partial charge in [0.25, 0.3) is 0 Å². The Morgan fingerprint density at radius 1 is 1.24 bits per heavy atom. The summed E-state index contributed by atoms with van der Waals surface area (Å²) in [5.41, 5.74) is 0. The van der Waals surface area contributed by atoms with E-state index in [1.54, 1.807) is 0 Å². The van der Waals surface area contributed by atoms with Crippen molar-refractivity contribution in [3.63, 3.8) is 0 Å². The van der Waals surface area contributed by atoms with Gasteiger partial charge in [-0.1, -0.05) is 20.8 Å². The highest BCUT2D eigenvalue weighted by Gasteiger charge is 2.31. The molecule has 0 radical (unpaired) electrons. The Kier molecular flexibility index (Phi) is 3.93. The van der Waals surface area contributed by atoms with Gasteiger partial charge in [-0.05, 0) is 49.1 Å². The monoisotopic (exact) mass is 236 g/mol. The van der Waals surface area contributed by atoms with Crippen LogP contribution in [0.25, 0.3) is 0 Å². The van der Waals surface area contributed by atoms with Crippen molar-refractivity contribution < 1.29 is 9.52 Å². The zero-order valence-electron chi connectivity index (χ0n) is 11.1. The van der Waals surface area contributed by atoms with E-state index in [2.05, 4.69) is 20.8 Å². The van der Waals surface area contributed by atoms with Crippen LogP contribution < -0.4 is 0 Å². The van der Waals surface area contributed by atoms with Gasteiger partial charge in [-0.3, -0.25) is 0 Å². The maximum absolute atomic E-state index is 10.4. The minimum atomic E-state index is -0.416. The molecular formula is C15H24O2. The molecule has 1 N–H and O–H groups in total. The molecule has 0 spiro atoms. The average Bonchev–Trinajstić information content (AvgIpc) is 2.75. The van der Waals surface area contributed by atoms with E-state index < -0.39 is 6.10 Å². The first kappa shape index (κ1) is 12.7. The molecule has 1 aliphatic rings. The zero-order chi connectivity index (χ0) is 12.4. The predicted octanol–water partition coefficient (Wildman–Crippen LogP) is 3.95. The molecular weight excluding hydrogens is 212 g/mol. The summed E-state index contributed by atoms with van der Waals surface area (Å²) in [6.07, 6.45) is 4.01. The van der Waals surface area contributed by atoms with E-state index in [0.29, 0.717) is 5.92 Å². The Morgan fingerprint density at radius 3 is 2.41 bits per heavy atom. The van der Waals surface area contributed by atoms with Crippen LogP contribution in [0.1, 0.15) is 57.7 Å². The lowest BCUT2D eigenvalue weighted by atomic mass is 9.74. The quantitative estimate of drug-likeness (QED) is 0.862. The minimum Gasteiger partial charge on any atom is -0.463 e. The van der Waals surface area contributed by atoms with Crippen molar-refractivity contribution in [2.45, 2.75) is 52.6 Å². The minimum absolute atomic E-state index is 0.365. The summed E-state index contributed by atoms with van der Waals surface area (Å²) in [5, 5.41) is 10.4. The molecule has 0 saturated heterocycles. The van der Waals surface area contributed by atoms with Crippen molar-refractivity contribution in [2.75, 3.05) is 0 Å². The first-order valence-corrected chi connectivity index (χ1v) is 6.86. The van der Waals surface area contributed by atoms with Crippen molar-refractivity contribution in [1.29, 1.82) is 0 Å². The third-order valence-corrected chi connectivity index (χ3v) is 3.98. The van der Waals surface area contributed by atoms with Crippen molar-refractivity contribution in [3.8, 4) is 0 Å². The van der Waals surface area contributed by atoms with E-state index in [9.17, 15) is 5.11 Å². The van der Waals surface area contributed by atoms with Crippen LogP contribution in [0.15, 0.2) is 16.5 Å². The van der Waals surface area contributed by atoms with Gasteiger partial charge in [0.1, 0.15) is 17.6 Å². The second-order valence-electron chi connectivity index (χ2n) is 5.78. The number of hydrogen-bond donors (Lipinski definition) is 1. The summed E-state index contributed by atoms with van der Waals surface area (Å²) in [6.45, 7) is 6.64. The zero-order valence-corrected chi connectivity index (χ0v) is 11.1. The van der Waals surface area contributed by atoms with E-state index in [1.165, 1.54) is 6.42 Å². The second kappa shape index (κ2) is 5.26. The van der Waals surface area contributed by atoms with E-state index in [0.717, 1.165) is 42.6 Å². The molecule has 3 atom stereocenters. The van der Waals surface area contributed by atoms with Gasteiger partial charge in [-0.2, -0.15) is 0 Å². The van der Waals surface area contributed by atoms with E-state index in [4.69, 9.17) is 4.42 Å². The number of hydrogen-bond acceptors (Lipinski definition) is 2. The molecule has 0 amide bonds. The fourth-order valence-electron chi connectivity index (χ4n) is 3.24. The molecule has 0 aliphatic heterocycles. The van der Waals surface area contributed by atoms with Crippen LogP contribution >= 0.6 is 0 Å². The number of aliphatic hydroxyl groups is 1. The van der Waals surface area contributed by atoms with Gasteiger partial charge in [0.05, 0.1) is 0 Å². The largest absolute Gasteiger partial charge is 0.463 e. The number of aliphatic hydroxyl groups excluding tert-OH is 1. The highest BCUT2D eigenvalue weighted by Crippen LogP contribution is 2.40. The average molecular weight is 236 g/mol. The van der Waals surface area contributed by atoms with E-state index >= 15 is 0 Å². The standard InChI is InChI=1S/C15H24O2/c1-4-13-5-6-14(17-13)15(16)12-8-10(2)7-11(3)9-12/h5-6,10-12,15-16H,4,7-9H2,1-3H3. The van der Waals surface area contributed by atoms with Gasteiger partial charge in [0, 0.05) is 6.42 Å². The van der Waals surface area contributed by atoms with Crippen molar-refractivity contribution in [1.82, 2.24) is 0 Å². The molecule has 2 heteroatoms. The summed E-state index contributed by atoms with van der Waals surface area (Å²) in [4.78, 5) is 0. The van der Waals surface area contributed by atoms with Gasteiger partial charge in [-0.25, -0.2) is 0 Å². The van der Waals surface area contributed by atoms with Crippen LogP contribution in [0.3, 0.4) is 0 Å². The van der Waals surface area contributed by atoms with Gasteiger partial charge in [0.15, 0.2) is 0 Å². The van der Waals surface area contributed by atoms with Crippen LogP contribution in [0.5, 0.6) is 0 Å². The molecule has 1 aliphatic carbocycles. The smallest absolute Gasteiger partial charge is 0.132 e. The Balaban J connectivity index is 2.05. The Hall–Kier alpha value is -0.760. The molecule has 2 nitrogen and oxygen atoms in total. The Labute approximate surface area is 104 Å². The van der Waals surface area contributed by atoms with Gasteiger partial charge < -0.3 is 9.52 Å². The van der Waals surface area contributed by atoms with Crippen LogP contribution in [0.4, 0.5) is 0 Å². The van der Waals surface area contributed by atoms with E-state index in [-0.39, 0.29) is 0 Å². The molecule has 1 aromatic rings. The maximum atomic E-state index is 10.4. The lowest BCUT2D eigenvalue weighted by Gasteiger charge is -2.33. The molecule has 17 heavy (non-hydrogen) atoms. The van der Waals surface area contributed by atoms with Gasteiger partial charge in [0.2, 0.25) is 0 Å². The van der Waals surface area contributed by atoms with Crippen LogP contribution in [0, 0.1) is 17.8 Å². The molecule has 1 fully saturated rings. The molecule has 2 rings (SSSR count). The molecule has 1 aromatic heterocycles. The van der Waals surface area contributed by atoms with Gasteiger partial charge in [-0.15, -0.1) is 0 Å². The number of furan rings is 1. The fraction of sp³-hybridized carbons (Fsp3) is 0.733. The molecule has 1 saturated carbocycles. The van der Waals surface area contributed by atoms with E-state index in [1.807, 2.05) is 12.1 Å². The van der Waals surface area contributed by atoms with Crippen molar-refractivity contribution in [3.05, 3.63) is 23.7 Å². The summed E-state index contributed by atoms with van der Waals surface area (Å²) in [5.74, 6) is 3.53. The van der Waals surface area contributed by atoms with Crippen LogP contribution in [-0.2, 0) is 6.42 Å². The number of rotatable bonds is 3. The normalized spacial score (nSPS) is 31.4. The highest BCUT2D eigenvalue weighted by atomic mass is 16.4. The molecule has 1 heterocycles. The SMILES string of the molecule is CCc1ccc(C(O)C2CC(C)CC(C)C2)o1. The molecule has 96 valence electrons. The first-order chi connectivity index (χ1) is 8.10. The topological polar surface area (TPSA) is 33.4 Å². The maximum Gasteiger partial charge on any atom is 0.132 e. The molecule has 0 aromatic carbocycles. The lowest BCUT2D eigenvalue weighted by Crippen LogP contribution is -2.24. The molecule has 0 bridgehead atoms. The van der Waals surface area contributed by atoms with Crippen LogP contribution in [-0.4, -0.2) is 5.11 Å². The van der Waals surface area contributed by atoms with Gasteiger partial charge >= 0.3 is 0 Å². The molecule has 3 unspecified atom stereocenters. The highest BCUT2D eigenvalue weighted by molar-refractivity contribution is 5.10. The summed E-state index contributed by atoms with van der Waals surface area (Å²) in [6, 6.07) is 3.92. The Morgan fingerprint density at radius 2 is 1.88 bits per heavy atom. The first-order valence-electron chi connectivity index (χ1n) is 6.86. The summed E-state index contributed by atoms with van der Waals surface area (Å²) >= 11 is 0. The Bertz CT molecular complexity index is 346. The third kappa shape index (κ3) is 2.92. The summed E-state index contributed by atoms with van der Waals surface area (Å²) in [7, 11) is 0. The fourth-order valence-corrected chi connectivity index (χ4v) is 3.24. The van der Waals surface area contributed by atoms with Crippen LogP contribution in [0.2, 0.25) is 0 Å². The van der Waals surface area contributed by atoms with Crippen molar-refractivity contribution >= 4 is 0 Å². The second-order valence-corrected chi connectivity index (χ2v) is 5.78. The predicted molar refractivity (Wildman–Crippen MR) is 68.7 cm³/mol. The third-order valence-electron chi connectivity index (χ3n) is 3.98. The van der Waals surface area contributed by atoms with Crippen molar-refractivity contribution in [2.24, 2.45) is 17.8 Å².